The summed E-state index contributed by atoms with van der Waals surface area (Å²) in [6.07, 6.45) is 0.955. The Kier molecular flexibility index (Phi) is 4.27. The summed E-state index contributed by atoms with van der Waals surface area (Å²) in [4.78, 5) is 28.0. The number of amides is 2. The van der Waals surface area contributed by atoms with E-state index in [2.05, 4.69) is 21.2 Å². The average Bonchev–Trinajstić information content (AvgIpc) is 3.14. The number of nitrogens with zero attached hydrogens (tertiary/aromatic N) is 2. The number of nitrogens with one attached hydrogen (secondary N) is 1. The Morgan fingerprint density at radius 3 is 2.47 bits per heavy atom. The molecule has 0 aliphatic carbocycles. The number of para-hydroxylation sites is 1. The Morgan fingerprint density at radius 2 is 1.77 bits per heavy atom. The standard InChI is InChI=1S/C21H20BrN3O4S/c1-30(28,29)25-16-10-6-5-9-14(16)21(22)12-17-18(26)23-15(19(27)24(17)20(21)25)11-13-7-3-2-4-8-13/h2-10,15,17,20H,11-12H2,1H3,(H,23,26)/t15-,17-,20+,21+/m0/s1. The van der Waals surface area contributed by atoms with Gasteiger partial charge in [0.2, 0.25) is 21.8 Å². The number of carbonyl (C=O) groups excluding carboxylic acids is 2. The number of hydrogen-bond acceptors (Lipinski definition) is 4. The Labute approximate surface area is 183 Å². The summed E-state index contributed by atoms with van der Waals surface area (Å²) in [7, 11) is -3.70. The lowest BCUT2D eigenvalue weighted by molar-refractivity contribution is -0.148. The van der Waals surface area contributed by atoms with E-state index in [0.29, 0.717) is 18.5 Å². The van der Waals surface area contributed by atoms with Crippen LogP contribution in [-0.2, 0) is 30.4 Å². The fraction of sp³-hybridized carbons (Fsp3) is 0.333. The second kappa shape index (κ2) is 6.55. The average molecular weight is 490 g/mol. The van der Waals surface area contributed by atoms with Crippen molar-refractivity contribution in [2.75, 3.05) is 10.6 Å². The van der Waals surface area contributed by atoms with Crippen LogP contribution < -0.4 is 9.62 Å². The molecule has 2 saturated heterocycles. The van der Waals surface area contributed by atoms with Gasteiger partial charge in [0.25, 0.3) is 0 Å². The van der Waals surface area contributed by atoms with Gasteiger partial charge in [0.05, 0.1) is 16.3 Å². The number of fused-ring (bicyclic) bond motifs is 5. The minimum atomic E-state index is -3.70. The number of alkyl halides is 1. The third-order valence-corrected chi connectivity index (χ3v) is 8.39. The molecule has 0 aromatic heterocycles. The summed E-state index contributed by atoms with van der Waals surface area (Å²) < 4.78 is 26.0. The van der Waals surface area contributed by atoms with Gasteiger partial charge >= 0.3 is 0 Å². The van der Waals surface area contributed by atoms with E-state index >= 15 is 0 Å². The number of hydrogen-bond donors (Lipinski definition) is 1. The molecule has 7 nitrogen and oxygen atoms in total. The molecule has 30 heavy (non-hydrogen) atoms. The normalized spacial score (nSPS) is 30.0. The van der Waals surface area contributed by atoms with E-state index in [-0.39, 0.29) is 11.8 Å². The molecular formula is C21H20BrN3O4S. The molecular weight excluding hydrogens is 470 g/mol. The van der Waals surface area contributed by atoms with Crippen molar-refractivity contribution in [2.24, 2.45) is 0 Å². The van der Waals surface area contributed by atoms with Gasteiger partial charge in [0.15, 0.2) is 0 Å². The molecule has 0 radical (unpaired) electrons. The van der Waals surface area contributed by atoms with Crippen molar-refractivity contribution >= 4 is 43.5 Å². The highest BCUT2D eigenvalue weighted by atomic mass is 79.9. The molecule has 1 N–H and O–H groups in total. The molecule has 0 bridgehead atoms. The van der Waals surface area contributed by atoms with E-state index in [1.54, 1.807) is 12.1 Å². The molecule has 2 amide bonds. The van der Waals surface area contributed by atoms with Crippen molar-refractivity contribution in [3.05, 3.63) is 65.7 Å². The molecule has 5 rings (SSSR count). The van der Waals surface area contributed by atoms with Crippen LogP contribution in [0.2, 0.25) is 0 Å². The van der Waals surface area contributed by atoms with E-state index in [9.17, 15) is 18.0 Å². The van der Waals surface area contributed by atoms with Gasteiger partial charge in [-0.2, -0.15) is 0 Å². The minimum absolute atomic E-state index is 0.255. The SMILES string of the molecule is CS(=O)(=O)N1c2ccccc2[C@]2(Br)C[C@H]3C(=O)N[C@@H](Cc4ccccc4)C(=O)N3[C@H]12. The van der Waals surface area contributed by atoms with E-state index in [1.807, 2.05) is 42.5 Å². The van der Waals surface area contributed by atoms with Gasteiger partial charge in [-0.3, -0.25) is 9.59 Å². The van der Waals surface area contributed by atoms with Crippen molar-refractivity contribution in [3.8, 4) is 0 Å². The van der Waals surface area contributed by atoms with Gasteiger partial charge in [0, 0.05) is 12.8 Å². The highest BCUT2D eigenvalue weighted by Gasteiger charge is 2.66. The van der Waals surface area contributed by atoms with E-state index in [4.69, 9.17) is 0 Å². The first-order valence-electron chi connectivity index (χ1n) is 9.66. The zero-order chi connectivity index (χ0) is 21.3. The van der Waals surface area contributed by atoms with Gasteiger partial charge in [0.1, 0.15) is 18.2 Å². The zero-order valence-corrected chi connectivity index (χ0v) is 18.6. The van der Waals surface area contributed by atoms with Crippen LogP contribution >= 0.6 is 15.9 Å². The molecule has 2 fully saturated rings. The second-order valence-electron chi connectivity index (χ2n) is 8.03. The molecule has 0 unspecified atom stereocenters. The first kappa shape index (κ1) is 19.6. The molecule has 2 aromatic carbocycles. The third-order valence-electron chi connectivity index (χ3n) is 6.12. The Bertz CT molecular complexity index is 1160. The minimum Gasteiger partial charge on any atom is -0.342 e. The third kappa shape index (κ3) is 2.71. The molecule has 2 aromatic rings. The molecule has 4 atom stereocenters. The Morgan fingerprint density at radius 1 is 1.10 bits per heavy atom. The van der Waals surface area contributed by atoms with Crippen LogP contribution in [0, 0.1) is 0 Å². The van der Waals surface area contributed by atoms with Crippen LogP contribution in [0.3, 0.4) is 0 Å². The number of halogens is 1. The number of rotatable bonds is 3. The zero-order valence-electron chi connectivity index (χ0n) is 16.2. The van der Waals surface area contributed by atoms with Crippen molar-refractivity contribution in [2.45, 2.75) is 35.4 Å². The smallest absolute Gasteiger partial charge is 0.247 e. The van der Waals surface area contributed by atoms with Crippen molar-refractivity contribution < 1.29 is 18.0 Å². The van der Waals surface area contributed by atoms with Crippen LogP contribution in [0.5, 0.6) is 0 Å². The molecule has 9 heteroatoms. The number of piperazine rings is 1. The van der Waals surface area contributed by atoms with Gasteiger partial charge in [-0.15, -0.1) is 0 Å². The summed E-state index contributed by atoms with van der Waals surface area (Å²) in [5.74, 6) is -0.522. The highest BCUT2D eigenvalue weighted by Crippen LogP contribution is 2.58. The fourth-order valence-corrected chi connectivity index (χ4v) is 7.29. The second-order valence-corrected chi connectivity index (χ2v) is 11.3. The maximum atomic E-state index is 13.5. The van der Waals surface area contributed by atoms with E-state index in [0.717, 1.165) is 17.4 Å². The maximum absolute atomic E-state index is 13.5. The lowest BCUT2D eigenvalue weighted by Gasteiger charge is -2.41. The Balaban J connectivity index is 1.59. The topological polar surface area (TPSA) is 86.8 Å². The summed E-state index contributed by atoms with van der Waals surface area (Å²) in [5, 5.41) is 2.85. The maximum Gasteiger partial charge on any atom is 0.247 e. The van der Waals surface area contributed by atoms with E-state index < -0.39 is 32.6 Å². The van der Waals surface area contributed by atoms with Gasteiger partial charge in [-0.25, -0.2) is 12.7 Å². The summed E-state index contributed by atoms with van der Waals surface area (Å²) in [5.41, 5.74) is 2.24. The monoisotopic (exact) mass is 489 g/mol. The van der Waals surface area contributed by atoms with Gasteiger partial charge in [-0.1, -0.05) is 64.5 Å². The van der Waals surface area contributed by atoms with Crippen molar-refractivity contribution in [1.82, 2.24) is 10.2 Å². The number of sulfonamides is 1. The van der Waals surface area contributed by atoms with Gasteiger partial charge in [-0.05, 0) is 17.2 Å². The van der Waals surface area contributed by atoms with Crippen LogP contribution in [0.25, 0.3) is 0 Å². The number of carbonyl (C=O) groups is 2. The Hall–Kier alpha value is -2.39. The quantitative estimate of drug-likeness (QED) is 0.665. The predicted molar refractivity (Wildman–Crippen MR) is 115 cm³/mol. The molecule has 156 valence electrons. The van der Waals surface area contributed by atoms with Crippen molar-refractivity contribution in [3.63, 3.8) is 0 Å². The highest BCUT2D eigenvalue weighted by molar-refractivity contribution is 9.09. The lowest BCUT2D eigenvalue weighted by atomic mass is 9.95. The summed E-state index contributed by atoms with van der Waals surface area (Å²) in [6.45, 7) is 0. The molecule has 3 aliphatic heterocycles. The predicted octanol–water partition coefficient (Wildman–Crippen LogP) is 1.72. The molecule has 3 heterocycles. The van der Waals surface area contributed by atoms with Crippen LogP contribution in [0.15, 0.2) is 54.6 Å². The lowest BCUT2D eigenvalue weighted by Crippen LogP contribution is -2.66. The van der Waals surface area contributed by atoms with Crippen LogP contribution in [0.1, 0.15) is 17.5 Å². The van der Waals surface area contributed by atoms with Crippen LogP contribution in [0.4, 0.5) is 5.69 Å². The molecule has 0 spiro atoms. The molecule has 0 saturated carbocycles. The summed E-state index contributed by atoms with van der Waals surface area (Å²) in [6, 6.07) is 15.2. The van der Waals surface area contributed by atoms with Gasteiger partial charge < -0.3 is 10.2 Å². The van der Waals surface area contributed by atoms with Crippen molar-refractivity contribution in [1.29, 1.82) is 0 Å². The number of anilines is 1. The first-order valence-corrected chi connectivity index (χ1v) is 12.3. The summed E-state index contributed by atoms with van der Waals surface area (Å²) >= 11 is 3.76. The largest absolute Gasteiger partial charge is 0.342 e. The first-order chi connectivity index (χ1) is 14.2. The fourth-order valence-electron chi connectivity index (χ4n) is 4.92. The number of benzene rings is 2. The van der Waals surface area contributed by atoms with Crippen LogP contribution in [-0.4, -0.2) is 49.6 Å². The molecule has 3 aliphatic rings. The van der Waals surface area contributed by atoms with E-state index in [1.165, 1.54) is 9.21 Å².